The smallest absolute Gasteiger partial charge is 0.163 e. The molecule has 0 saturated carbocycles. The van der Waals surface area contributed by atoms with Crippen LogP contribution in [0, 0.1) is 0 Å². The van der Waals surface area contributed by atoms with Crippen molar-refractivity contribution in [2.75, 3.05) is 13.1 Å². The second kappa shape index (κ2) is 3.67. The lowest BCUT2D eigenvalue weighted by Crippen LogP contribution is -2.61. The average Bonchev–Trinajstić information content (AvgIpc) is 2.53. The molecule has 0 spiro atoms. The number of aliphatic hydroxyl groups excluding tert-OH is 1. The molecule has 3 fully saturated rings. The van der Waals surface area contributed by atoms with Gasteiger partial charge < -0.3 is 14.6 Å². The van der Waals surface area contributed by atoms with Crippen molar-refractivity contribution in [3.05, 3.63) is 0 Å². The van der Waals surface area contributed by atoms with Crippen LogP contribution in [-0.4, -0.2) is 53.2 Å². The molecule has 0 aromatic carbocycles. The first-order valence-electron chi connectivity index (χ1n) is 6.35. The van der Waals surface area contributed by atoms with Gasteiger partial charge in [-0.2, -0.15) is 0 Å². The Morgan fingerprint density at radius 2 is 2.06 bits per heavy atom. The molecule has 0 aliphatic carbocycles. The predicted octanol–water partition coefficient (Wildman–Crippen LogP) is 0.735. The maximum absolute atomic E-state index is 10.4. The van der Waals surface area contributed by atoms with Gasteiger partial charge in [-0.3, -0.25) is 4.90 Å². The minimum atomic E-state index is -0.537. The van der Waals surface area contributed by atoms with Crippen molar-refractivity contribution in [2.45, 2.75) is 63.3 Å². The van der Waals surface area contributed by atoms with Crippen molar-refractivity contribution in [2.24, 2.45) is 0 Å². The van der Waals surface area contributed by atoms with Gasteiger partial charge in [0.05, 0.1) is 6.10 Å². The Labute approximate surface area is 96.5 Å². The number of hydrogen-bond donors (Lipinski definition) is 1. The fourth-order valence-electron chi connectivity index (χ4n) is 3.37. The first kappa shape index (κ1) is 11.0. The fraction of sp³-hybridized carbons (Fsp3) is 1.00. The summed E-state index contributed by atoms with van der Waals surface area (Å²) in [6.07, 6.45) is 3.08. The first-order valence-corrected chi connectivity index (χ1v) is 6.35. The minimum absolute atomic E-state index is 0.0411. The summed E-state index contributed by atoms with van der Waals surface area (Å²) >= 11 is 0. The van der Waals surface area contributed by atoms with Crippen LogP contribution >= 0.6 is 0 Å². The molecule has 0 aromatic heterocycles. The molecule has 0 unspecified atom stereocenters. The van der Waals surface area contributed by atoms with Crippen LogP contribution in [0.3, 0.4) is 0 Å². The van der Waals surface area contributed by atoms with Gasteiger partial charge in [0, 0.05) is 12.6 Å². The number of rotatable bonds is 0. The van der Waals surface area contributed by atoms with Gasteiger partial charge in [0.25, 0.3) is 0 Å². The molecule has 1 N–H and O–H groups in total. The average molecular weight is 227 g/mol. The molecule has 3 aliphatic rings. The van der Waals surface area contributed by atoms with E-state index in [0.29, 0.717) is 0 Å². The second-order valence-corrected chi connectivity index (χ2v) is 5.69. The molecular weight excluding hydrogens is 206 g/mol. The van der Waals surface area contributed by atoms with Gasteiger partial charge in [-0.15, -0.1) is 0 Å². The molecule has 3 heterocycles. The number of nitrogens with zero attached hydrogens (tertiary/aromatic N) is 1. The van der Waals surface area contributed by atoms with Crippen molar-refractivity contribution < 1.29 is 14.6 Å². The molecule has 0 radical (unpaired) electrons. The molecule has 3 aliphatic heterocycles. The van der Waals surface area contributed by atoms with Gasteiger partial charge in [0.1, 0.15) is 12.2 Å². The third-order valence-electron chi connectivity index (χ3n) is 4.03. The van der Waals surface area contributed by atoms with Crippen LogP contribution in [0.25, 0.3) is 0 Å². The maximum atomic E-state index is 10.4. The topological polar surface area (TPSA) is 41.9 Å². The Kier molecular flexibility index (Phi) is 2.51. The SMILES string of the molecule is CC1(C)O[C@H]2[C@@H](O)[C@H]3CCCCN3C[C@@H]2O1. The van der Waals surface area contributed by atoms with Crippen LogP contribution in [-0.2, 0) is 9.47 Å². The van der Waals surface area contributed by atoms with Crippen LogP contribution < -0.4 is 0 Å². The highest BCUT2D eigenvalue weighted by atomic mass is 16.8. The molecule has 92 valence electrons. The maximum Gasteiger partial charge on any atom is 0.163 e. The molecular formula is C12H21NO3. The molecule has 0 bridgehead atoms. The quantitative estimate of drug-likeness (QED) is 0.662. The van der Waals surface area contributed by atoms with E-state index in [-0.39, 0.29) is 24.4 Å². The van der Waals surface area contributed by atoms with E-state index in [9.17, 15) is 5.11 Å². The number of hydrogen-bond acceptors (Lipinski definition) is 4. The predicted molar refractivity (Wildman–Crippen MR) is 59.0 cm³/mol. The summed E-state index contributed by atoms with van der Waals surface area (Å²) in [6, 6.07) is 0.285. The van der Waals surface area contributed by atoms with E-state index in [2.05, 4.69) is 4.90 Å². The van der Waals surface area contributed by atoms with Crippen molar-refractivity contribution in [1.29, 1.82) is 0 Å². The van der Waals surface area contributed by atoms with E-state index in [1.54, 1.807) is 0 Å². The molecule has 4 atom stereocenters. The number of ether oxygens (including phenoxy) is 2. The standard InChI is InChI=1S/C12H21NO3/c1-12(2)15-9-7-13-6-4-3-5-8(13)10(14)11(9)16-12/h8-11,14H,3-7H2,1-2H3/t8-,9+,10+,11-/m1/s1. The van der Waals surface area contributed by atoms with E-state index in [1.807, 2.05) is 13.8 Å². The number of fused-ring (bicyclic) bond motifs is 2. The van der Waals surface area contributed by atoms with Crippen molar-refractivity contribution in [1.82, 2.24) is 4.90 Å². The zero-order chi connectivity index (χ0) is 11.3. The molecule has 16 heavy (non-hydrogen) atoms. The summed E-state index contributed by atoms with van der Waals surface area (Å²) in [5, 5.41) is 10.4. The normalized spacial score (nSPS) is 47.4. The second-order valence-electron chi connectivity index (χ2n) is 5.69. The Hall–Kier alpha value is -0.160. The van der Waals surface area contributed by atoms with E-state index in [0.717, 1.165) is 19.5 Å². The number of aliphatic hydroxyl groups is 1. The van der Waals surface area contributed by atoms with E-state index < -0.39 is 5.79 Å². The molecule has 3 saturated heterocycles. The summed E-state index contributed by atoms with van der Waals surface area (Å²) in [7, 11) is 0. The van der Waals surface area contributed by atoms with Gasteiger partial charge in [-0.25, -0.2) is 0 Å². The molecule has 4 heteroatoms. The minimum Gasteiger partial charge on any atom is -0.389 e. The van der Waals surface area contributed by atoms with Gasteiger partial charge >= 0.3 is 0 Å². The lowest BCUT2D eigenvalue weighted by molar-refractivity contribution is -0.155. The van der Waals surface area contributed by atoms with Gasteiger partial charge in [-0.1, -0.05) is 6.42 Å². The highest BCUT2D eigenvalue weighted by molar-refractivity contribution is 5.00. The van der Waals surface area contributed by atoms with Crippen LogP contribution in [0.2, 0.25) is 0 Å². The van der Waals surface area contributed by atoms with Crippen LogP contribution in [0.1, 0.15) is 33.1 Å². The zero-order valence-electron chi connectivity index (χ0n) is 10.1. The van der Waals surface area contributed by atoms with E-state index in [4.69, 9.17) is 9.47 Å². The summed E-state index contributed by atoms with van der Waals surface area (Å²) in [6.45, 7) is 5.86. The molecule has 0 amide bonds. The van der Waals surface area contributed by atoms with Gasteiger partial charge in [-0.05, 0) is 33.2 Å². The summed E-state index contributed by atoms with van der Waals surface area (Å²) in [5.41, 5.74) is 0. The monoisotopic (exact) mass is 227 g/mol. The fourth-order valence-corrected chi connectivity index (χ4v) is 3.37. The lowest BCUT2D eigenvalue weighted by Gasteiger charge is -2.45. The third kappa shape index (κ3) is 1.68. The van der Waals surface area contributed by atoms with Crippen LogP contribution in [0.15, 0.2) is 0 Å². The highest BCUT2D eigenvalue weighted by Gasteiger charge is 2.52. The zero-order valence-corrected chi connectivity index (χ0v) is 10.1. The van der Waals surface area contributed by atoms with Gasteiger partial charge in [0.2, 0.25) is 0 Å². The highest BCUT2D eigenvalue weighted by Crippen LogP contribution is 2.37. The van der Waals surface area contributed by atoms with Crippen LogP contribution in [0.4, 0.5) is 0 Å². The Balaban J connectivity index is 1.79. The molecule has 0 aromatic rings. The van der Waals surface area contributed by atoms with E-state index >= 15 is 0 Å². The Morgan fingerprint density at radius 3 is 2.88 bits per heavy atom. The van der Waals surface area contributed by atoms with Crippen molar-refractivity contribution >= 4 is 0 Å². The molecule has 4 nitrogen and oxygen atoms in total. The Bertz CT molecular complexity index is 281. The summed E-state index contributed by atoms with van der Waals surface area (Å²) in [5.74, 6) is -0.537. The van der Waals surface area contributed by atoms with Crippen LogP contribution in [0.5, 0.6) is 0 Å². The van der Waals surface area contributed by atoms with E-state index in [1.165, 1.54) is 12.8 Å². The number of piperidine rings is 2. The lowest BCUT2D eigenvalue weighted by atomic mass is 9.88. The van der Waals surface area contributed by atoms with Gasteiger partial charge in [0.15, 0.2) is 5.79 Å². The van der Waals surface area contributed by atoms with Crippen molar-refractivity contribution in [3.63, 3.8) is 0 Å². The van der Waals surface area contributed by atoms with Crippen molar-refractivity contribution in [3.8, 4) is 0 Å². The first-order chi connectivity index (χ1) is 7.57. The Morgan fingerprint density at radius 1 is 1.25 bits per heavy atom. The summed E-state index contributed by atoms with van der Waals surface area (Å²) in [4.78, 5) is 2.38. The summed E-state index contributed by atoms with van der Waals surface area (Å²) < 4.78 is 11.7. The largest absolute Gasteiger partial charge is 0.389 e. The third-order valence-corrected chi connectivity index (χ3v) is 4.03. The molecule has 3 rings (SSSR count).